The summed E-state index contributed by atoms with van der Waals surface area (Å²) in [7, 11) is 0. The minimum atomic E-state index is 0.235. The van der Waals surface area contributed by atoms with E-state index in [1.54, 1.807) is 0 Å². The fourth-order valence-electron chi connectivity index (χ4n) is 2.60. The molecule has 0 saturated carbocycles. The highest BCUT2D eigenvalue weighted by Crippen LogP contribution is 2.26. The third kappa shape index (κ3) is 3.58. The van der Waals surface area contributed by atoms with Gasteiger partial charge in [-0.15, -0.1) is 0 Å². The highest BCUT2D eigenvalue weighted by Gasteiger charge is 2.18. The maximum absolute atomic E-state index is 3.60. The van der Waals surface area contributed by atoms with Gasteiger partial charge in [0.15, 0.2) is 0 Å². The second-order valence-corrected chi connectivity index (χ2v) is 6.99. The molecule has 2 rings (SSSR count). The van der Waals surface area contributed by atoms with Crippen LogP contribution in [0.4, 0.5) is 0 Å². The summed E-state index contributed by atoms with van der Waals surface area (Å²) in [5.41, 5.74) is 5.99. The zero-order chi connectivity index (χ0) is 14.0. The predicted octanol–water partition coefficient (Wildman–Crippen LogP) is 2.91. The Bertz CT molecular complexity index is 416. The molecule has 2 N–H and O–H groups in total. The Morgan fingerprint density at radius 1 is 1.16 bits per heavy atom. The van der Waals surface area contributed by atoms with Crippen LogP contribution < -0.4 is 10.6 Å². The van der Waals surface area contributed by atoms with Gasteiger partial charge in [-0.25, -0.2) is 0 Å². The summed E-state index contributed by atoms with van der Waals surface area (Å²) in [6, 6.07) is 4.71. The van der Waals surface area contributed by atoms with Gasteiger partial charge in [-0.2, -0.15) is 0 Å². The van der Waals surface area contributed by atoms with Crippen LogP contribution >= 0.6 is 0 Å². The van der Waals surface area contributed by atoms with E-state index in [4.69, 9.17) is 0 Å². The van der Waals surface area contributed by atoms with Crippen molar-refractivity contribution in [3.63, 3.8) is 0 Å². The molecule has 2 nitrogen and oxygen atoms in total. The average molecular weight is 260 g/mol. The van der Waals surface area contributed by atoms with Gasteiger partial charge in [0.2, 0.25) is 0 Å². The molecule has 0 atom stereocenters. The Morgan fingerprint density at radius 3 is 2.16 bits per heavy atom. The minimum Gasteiger partial charge on any atom is -0.316 e. The van der Waals surface area contributed by atoms with E-state index in [1.807, 2.05) is 0 Å². The Kier molecular flexibility index (Phi) is 4.32. The first-order chi connectivity index (χ1) is 8.88. The molecule has 0 aromatic heterocycles. The average Bonchev–Trinajstić information content (AvgIpc) is 2.23. The van der Waals surface area contributed by atoms with Crippen molar-refractivity contribution in [2.24, 2.45) is 5.92 Å². The number of rotatable bonds is 4. The van der Waals surface area contributed by atoms with Crippen molar-refractivity contribution in [2.75, 3.05) is 19.6 Å². The van der Waals surface area contributed by atoms with Crippen molar-refractivity contribution < 1.29 is 0 Å². The number of nitrogens with one attached hydrogen (secondary N) is 2. The monoisotopic (exact) mass is 260 g/mol. The molecule has 1 aliphatic heterocycles. The molecular weight excluding hydrogens is 232 g/mol. The molecule has 1 aromatic rings. The summed E-state index contributed by atoms with van der Waals surface area (Å²) in [5.74, 6) is 0.828. The van der Waals surface area contributed by atoms with Gasteiger partial charge in [0.05, 0.1) is 0 Å². The lowest BCUT2D eigenvalue weighted by Crippen LogP contribution is -2.47. The van der Waals surface area contributed by atoms with Gasteiger partial charge in [-0.1, -0.05) is 32.9 Å². The summed E-state index contributed by atoms with van der Waals surface area (Å²) >= 11 is 0. The van der Waals surface area contributed by atoms with Crippen molar-refractivity contribution in [1.29, 1.82) is 0 Å². The van der Waals surface area contributed by atoms with Crippen LogP contribution in [0.15, 0.2) is 12.1 Å². The summed E-state index contributed by atoms with van der Waals surface area (Å²) in [5, 5.41) is 6.92. The molecule has 0 spiro atoms. The molecule has 1 aliphatic rings. The van der Waals surface area contributed by atoms with E-state index in [0.29, 0.717) is 0 Å². The number of hydrogen-bond acceptors (Lipinski definition) is 2. The van der Waals surface area contributed by atoms with Crippen LogP contribution in [0.5, 0.6) is 0 Å². The molecule has 0 unspecified atom stereocenters. The largest absolute Gasteiger partial charge is 0.316 e. The Morgan fingerprint density at radius 2 is 1.74 bits per heavy atom. The lowest BCUT2D eigenvalue weighted by atomic mass is 9.84. The molecular formula is C17H28N2. The van der Waals surface area contributed by atoms with E-state index < -0.39 is 0 Å². The van der Waals surface area contributed by atoms with E-state index in [1.165, 1.54) is 35.3 Å². The normalized spacial score (nSPS) is 16.5. The molecule has 1 fully saturated rings. The maximum Gasteiger partial charge on any atom is 0.0210 e. The quantitative estimate of drug-likeness (QED) is 0.870. The van der Waals surface area contributed by atoms with Crippen LogP contribution in [0.2, 0.25) is 0 Å². The van der Waals surface area contributed by atoms with Crippen molar-refractivity contribution in [1.82, 2.24) is 10.6 Å². The van der Waals surface area contributed by atoms with Crippen LogP contribution in [0.25, 0.3) is 0 Å². The molecule has 1 aromatic carbocycles. The minimum absolute atomic E-state index is 0.235. The first-order valence-corrected chi connectivity index (χ1v) is 7.40. The zero-order valence-corrected chi connectivity index (χ0v) is 13.1. The second kappa shape index (κ2) is 5.64. The lowest BCUT2D eigenvalue weighted by Gasteiger charge is -2.28. The van der Waals surface area contributed by atoms with Crippen LogP contribution in [-0.4, -0.2) is 19.6 Å². The van der Waals surface area contributed by atoms with Crippen LogP contribution in [0.3, 0.4) is 0 Å². The summed E-state index contributed by atoms with van der Waals surface area (Å²) in [6.07, 6.45) is 0. The first kappa shape index (κ1) is 14.5. The van der Waals surface area contributed by atoms with Crippen molar-refractivity contribution >= 4 is 0 Å². The molecule has 2 heteroatoms. The van der Waals surface area contributed by atoms with Crippen LogP contribution in [0, 0.1) is 19.8 Å². The lowest BCUT2D eigenvalue weighted by molar-refractivity contribution is 0.331. The van der Waals surface area contributed by atoms with Gasteiger partial charge in [-0.3, -0.25) is 0 Å². The van der Waals surface area contributed by atoms with E-state index in [9.17, 15) is 0 Å². The van der Waals surface area contributed by atoms with Crippen molar-refractivity contribution in [3.05, 3.63) is 34.4 Å². The van der Waals surface area contributed by atoms with Gasteiger partial charge < -0.3 is 10.6 Å². The topological polar surface area (TPSA) is 24.1 Å². The third-order valence-corrected chi connectivity index (χ3v) is 4.16. The predicted molar refractivity (Wildman–Crippen MR) is 82.7 cm³/mol. The zero-order valence-electron chi connectivity index (χ0n) is 13.1. The fraction of sp³-hybridized carbons (Fsp3) is 0.647. The van der Waals surface area contributed by atoms with Crippen LogP contribution in [0.1, 0.15) is 43.0 Å². The number of benzene rings is 1. The smallest absolute Gasteiger partial charge is 0.0210 e. The molecule has 1 saturated heterocycles. The third-order valence-electron chi connectivity index (χ3n) is 4.16. The summed E-state index contributed by atoms with van der Waals surface area (Å²) in [4.78, 5) is 0. The van der Waals surface area contributed by atoms with Crippen LogP contribution in [-0.2, 0) is 12.0 Å². The van der Waals surface area contributed by atoms with Crippen molar-refractivity contribution in [3.8, 4) is 0 Å². The van der Waals surface area contributed by atoms with E-state index >= 15 is 0 Å². The van der Waals surface area contributed by atoms with Gasteiger partial charge in [0, 0.05) is 26.2 Å². The molecule has 0 bridgehead atoms. The van der Waals surface area contributed by atoms with E-state index in [-0.39, 0.29) is 5.41 Å². The summed E-state index contributed by atoms with van der Waals surface area (Å²) < 4.78 is 0. The van der Waals surface area contributed by atoms with Crippen molar-refractivity contribution in [2.45, 2.75) is 46.6 Å². The summed E-state index contributed by atoms with van der Waals surface area (Å²) in [6.45, 7) is 15.8. The molecule has 1 heterocycles. The fourth-order valence-corrected chi connectivity index (χ4v) is 2.60. The highest BCUT2D eigenvalue weighted by atomic mass is 15.0. The Labute approximate surface area is 118 Å². The SMILES string of the molecule is Cc1cc(C(C)(C)C)cc(C)c1CNCC1CNC1. The van der Waals surface area contributed by atoms with Gasteiger partial charge in [0.1, 0.15) is 0 Å². The number of aryl methyl sites for hydroxylation is 2. The maximum atomic E-state index is 3.60. The van der Waals surface area contributed by atoms with E-state index in [2.05, 4.69) is 57.4 Å². The van der Waals surface area contributed by atoms with Gasteiger partial charge >= 0.3 is 0 Å². The standard InChI is InChI=1S/C17H28N2/c1-12-6-15(17(3,4)5)7-13(2)16(12)11-19-10-14-8-18-9-14/h6-7,14,18-19H,8-11H2,1-5H3. The van der Waals surface area contributed by atoms with Gasteiger partial charge in [-0.05, 0) is 47.4 Å². The second-order valence-electron chi connectivity index (χ2n) is 6.99. The molecule has 19 heavy (non-hydrogen) atoms. The number of hydrogen-bond donors (Lipinski definition) is 2. The Hall–Kier alpha value is -0.860. The Balaban J connectivity index is 2.03. The highest BCUT2D eigenvalue weighted by molar-refractivity contribution is 5.40. The molecule has 106 valence electrons. The molecule has 0 amide bonds. The first-order valence-electron chi connectivity index (χ1n) is 7.40. The van der Waals surface area contributed by atoms with Gasteiger partial charge in [0.25, 0.3) is 0 Å². The van der Waals surface area contributed by atoms with E-state index in [0.717, 1.165) is 19.0 Å². The molecule has 0 radical (unpaired) electrons. The molecule has 0 aliphatic carbocycles.